The molecule has 1 atom stereocenters. The first-order chi connectivity index (χ1) is 7.99. The highest BCUT2D eigenvalue weighted by Crippen LogP contribution is 2.25. The summed E-state index contributed by atoms with van der Waals surface area (Å²) in [4.78, 5) is 11.8. The molecule has 98 valence electrons. The fraction of sp³-hybridized carbons (Fsp3) is 0.909. The van der Waals surface area contributed by atoms with E-state index in [1.54, 1.807) is 0 Å². The average molecular weight is 260 g/mol. The molecule has 1 saturated carbocycles. The summed E-state index contributed by atoms with van der Waals surface area (Å²) in [5.41, 5.74) is 5.65. The van der Waals surface area contributed by atoms with Crippen LogP contribution in [0.2, 0.25) is 0 Å². The number of rotatable bonds is 3. The van der Waals surface area contributed by atoms with Crippen LogP contribution < -0.4 is 11.1 Å². The first kappa shape index (κ1) is 12.8. The lowest BCUT2D eigenvalue weighted by atomic mass is 9.81. The number of hydrogen-bond donors (Lipinski definition) is 2. The minimum absolute atomic E-state index is 0.152. The van der Waals surface area contributed by atoms with E-state index in [0.29, 0.717) is 25.3 Å². The van der Waals surface area contributed by atoms with Crippen molar-refractivity contribution in [3.05, 3.63) is 0 Å². The van der Waals surface area contributed by atoms with Gasteiger partial charge in [0.15, 0.2) is 9.84 Å². The lowest BCUT2D eigenvalue weighted by Gasteiger charge is -2.33. The maximum Gasteiger partial charge on any atom is 0.238 e. The second-order valence-corrected chi connectivity index (χ2v) is 7.50. The van der Waals surface area contributed by atoms with E-state index in [1.807, 2.05) is 0 Å². The summed E-state index contributed by atoms with van der Waals surface area (Å²) in [7, 11) is -3.21. The van der Waals surface area contributed by atoms with Gasteiger partial charge in [-0.15, -0.1) is 0 Å². The average Bonchev–Trinajstić information content (AvgIpc) is 2.21. The third kappa shape index (κ3) is 2.98. The zero-order chi connectivity index (χ0) is 12.5. The monoisotopic (exact) mass is 260 g/mol. The van der Waals surface area contributed by atoms with Crippen LogP contribution in [0.25, 0.3) is 0 Å². The van der Waals surface area contributed by atoms with Gasteiger partial charge in [0.1, 0.15) is 5.25 Å². The lowest BCUT2D eigenvalue weighted by molar-refractivity contribution is -0.121. The molecule has 1 saturated heterocycles. The van der Waals surface area contributed by atoms with E-state index in [-0.39, 0.29) is 17.7 Å². The molecule has 1 heterocycles. The van der Waals surface area contributed by atoms with Crippen LogP contribution in [-0.4, -0.2) is 37.9 Å². The Morgan fingerprint density at radius 3 is 2.59 bits per heavy atom. The van der Waals surface area contributed by atoms with Crippen LogP contribution in [0.3, 0.4) is 0 Å². The fourth-order valence-electron chi connectivity index (χ4n) is 2.56. The molecule has 17 heavy (non-hydrogen) atoms. The molecular formula is C11H20N2O3S. The normalized spacial score (nSPS) is 35.9. The van der Waals surface area contributed by atoms with E-state index in [4.69, 9.17) is 5.73 Å². The number of sulfone groups is 1. The Balaban J connectivity index is 1.82. The zero-order valence-electron chi connectivity index (χ0n) is 9.89. The molecule has 2 rings (SSSR count). The molecule has 0 bridgehead atoms. The number of carbonyl (C=O) groups is 1. The van der Waals surface area contributed by atoms with Crippen molar-refractivity contribution in [2.75, 3.05) is 12.3 Å². The van der Waals surface area contributed by atoms with Gasteiger partial charge in [0, 0.05) is 12.6 Å². The summed E-state index contributed by atoms with van der Waals surface area (Å²) < 4.78 is 23.4. The van der Waals surface area contributed by atoms with Gasteiger partial charge in [0.25, 0.3) is 0 Å². The molecule has 0 aromatic rings. The van der Waals surface area contributed by atoms with Crippen LogP contribution in [0.1, 0.15) is 32.1 Å². The van der Waals surface area contributed by atoms with Gasteiger partial charge in [0.2, 0.25) is 5.91 Å². The second-order valence-electron chi connectivity index (χ2n) is 5.19. The molecule has 1 amide bonds. The van der Waals surface area contributed by atoms with Crippen molar-refractivity contribution < 1.29 is 13.2 Å². The molecular weight excluding hydrogens is 240 g/mol. The molecule has 3 N–H and O–H groups in total. The van der Waals surface area contributed by atoms with Gasteiger partial charge in [-0.2, -0.15) is 0 Å². The van der Waals surface area contributed by atoms with E-state index in [1.165, 1.54) is 0 Å². The number of nitrogens with one attached hydrogen (secondary N) is 1. The van der Waals surface area contributed by atoms with Crippen molar-refractivity contribution in [1.29, 1.82) is 0 Å². The summed E-state index contributed by atoms with van der Waals surface area (Å²) in [5, 5.41) is 1.94. The van der Waals surface area contributed by atoms with E-state index >= 15 is 0 Å². The molecule has 0 aromatic carbocycles. The Morgan fingerprint density at radius 2 is 2.00 bits per heavy atom. The highest BCUT2D eigenvalue weighted by atomic mass is 32.2. The fourth-order valence-corrected chi connectivity index (χ4v) is 4.39. The van der Waals surface area contributed by atoms with Gasteiger partial charge in [-0.3, -0.25) is 4.79 Å². The van der Waals surface area contributed by atoms with Crippen molar-refractivity contribution in [2.45, 2.75) is 43.4 Å². The maximum atomic E-state index is 11.8. The lowest BCUT2D eigenvalue weighted by Crippen LogP contribution is -2.47. The molecule has 0 aromatic heterocycles. The molecule has 5 nitrogen and oxygen atoms in total. The minimum Gasteiger partial charge on any atom is -0.355 e. The summed E-state index contributed by atoms with van der Waals surface area (Å²) in [6, 6.07) is 0.260. The molecule has 1 unspecified atom stereocenters. The molecule has 1 aliphatic carbocycles. The highest BCUT2D eigenvalue weighted by molar-refractivity contribution is 7.92. The highest BCUT2D eigenvalue weighted by Gasteiger charge is 2.35. The summed E-state index contributed by atoms with van der Waals surface area (Å²) in [6.07, 6.45) is 3.84. The maximum absolute atomic E-state index is 11.8. The number of amides is 1. The van der Waals surface area contributed by atoms with Crippen molar-refractivity contribution in [3.63, 3.8) is 0 Å². The van der Waals surface area contributed by atoms with Crippen LogP contribution >= 0.6 is 0 Å². The van der Waals surface area contributed by atoms with Crippen LogP contribution in [0.15, 0.2) is 0 Å². The number of hydrogen-bond acceptors (Lipinski definition) is 4. The van der Waals surface area contributed by atoms with E-state index < -0.39 is 15.1 Å². The van der Waals surface area contributed by atoms with E-state index in [9.17, 15) is 13.2 Å². The third-order valence-electron chi connectivity index (χ3n) is 3.71. The van der Waals surface area contributed by atoms with Crippen molar-refractivity contribution in [3.8, 4) is 0 Å². The van der Waals surface area contributed by atoms with Gasteiger partial charge in [0.05, 0.1) is 5.75 Å². The Hall–Kier alpha value is -0.620. The quantitative estimate of drug-likeness (QED) is 0.736. The van der Waals surface area contributed by atoms with Crippen molar-refractivity contribution in [1.82, 2.24) is 5.32 Å². The van der Waals surface area contributed by atoms with E-state index in [0.717, 1.165) is 19.3 Å². The van der Waals surface area contributed by atoms with Gasteiger partial charge in [-0.1, -0.05) is 6.42 Å². The first-order valence-corrected chi connectivity index (χ1v) is 7.95. The standard InChI is InChI=1S/C11H20N2O3S/c12-9-5-8(6-9)7-13-11(14)10-3-1-2-4-17(10,15)16/h8-10H,1-7,12H2,(H,13,14). The van der Waals surface area contributed by atoms with Gasteiger partial charge in [-0.05, 0) is 31.6 Å². The Morgan fingerprint density at radius 1 is 1.29 bits per heavy atom. The van der Waals surface area contributed by atoms with Crippen molar-refractivity contribution >= 4 is 15.7 Å². The molecule has 2 aliphatic rings. The second kappa shape index (κ2) is 4.94. The smallest absolute Gasteiger partial charge is 0.238 e. The third-order valence-corrected chi connectivity index (χ3v) is 5.88. The Bertz CT molecular complexity index is 388. The van der Waals surface area contributed by atoms with Crippen LogP contribution in [0.5, 0.6) is 0 Å². The summed E-state index contributed by atoms with van der Waals surface area (Å²) >= 11 is 0. The van der Waals surface area contributed by atoms with Gasteiger partial charge >= 0.3 is 0 Å². The minimum atomic E-state index is -3.21. The molecule has 1 aliphatic heterocycles. The molecule has 6 heteroatoms. The Kier molecular flexibility index (Phi) is 3.73. The molecule has 2 fully saturated rings. The summed E-state index contributed by atoms with van der Waals surface area (Å²) in [6.45, 7) is 0.568. The first-order valence-electron chi connectivity index (χ1n) is 6.24. The molecule has 0 spiro atoms. The van der Waals surface area contributed by atoms with Crippen molar-refractivity contribution in [2.24, 2.45) is 11.7 Å². The van der Waals surface area contributed by atoms with Crippen LogP contribution in [-0.2, 0) is 14.6 Å². The predicted molar refractivity (Wildman–Crippen MR) is 65.1 cm³/mol. The number of carbonyl (C=O) groups excluding carboxylic acids is 1. The Labute approximate surface area is 102 Å². The van der Waals surface area contributed by atoms with Crippen LogP contribution in [0.4, 0.5) is 0 Å². The molecule has 0 radical (unpaired) electrons. The van der Waals surface area contributed by atoms with E-state index in [2.05, 4.69) is 5.32 Å². The van der Waals surface area contributed by atoms with Gasteiger partial charge < -0.3 is 11.1 Å². The van der Waals surface area contributed by atoms with Crippen LogP contribution in [0, 0.1) is 5.92 Å². The zero-order valence-corrected chi connectivity index (χ0v) is 10.7. The predicted octanol–water partition coefficient (Wildman–Crippen LogP) is -0.193. The number of nitrogens with two attached hydrogens (primary N) is 1. The topological polar surface area (TPSA) is 89.3 Å². The summed E-state index contributed by atoms with van der Waals surface area (Å²) in [5.74, 6) is 0.268. The van der Waals surface area contributed by atoms with Gasteiger partial charge in [-0.25, -0.2) is 8.42 Å². The SMILES string of the molecule is NC1CC(CNC(=O)C2CCCCS2(=O)=O)C1. The largest absolute Gasteiger partial charge is 0.355 e.